The van der Waals surface area contributed by atoms with E-state index < -0.39 is 15.7 Å². The third-order valence-corrected chi connectivity index (χ3v) is 6.05. The molecular formula is C22H25N7O4S. The van der Waals surface area contributed by atoms with Crippen LogP contribution >= 0.6 is 0 Å². The average molecular weight is 484 g/mol. The number of aryl methyl sites for hydroxylation is 2. The average Bonchev–Trinajstić information content (AvgIpc) is 3.09. The molecule has 0 bridgehead atoms. The van der Waals surface area contributed by atoms with E-state index >= 15 is 0 Å². The SMILES string of the molecule is Cc1cnc(C)n1-c1cc(C(=O)NC(C)(C)COc2cccc3c2C(N)=NS(=O)(=O)N3)ccn1. The van der Waals surface area contributed by atoms with Crippen LogP contribution in [0.15, 0.2) is 47.1 Å². The molecule has 3 aromatic rings. The number of aromatic nitrogens is 3. The molecule has 4 rings (SSSR count). The number of nitrogens with two attached hydrogens (primary N) is 1. The second kappa shape index (κ2) is 8.45. The van der Waals surface area contributed by atoms with Crippen LogP contribution in [0.3, 0.4) is 0 Å². The van der Waals surface area contributed by atoms with Crippen LogP contribution in [0.5, 0.6) is 5.75 Å². The Kier molecular flexibility index (Phi) is 5.77. The van der Waals surface area contributed by atoms with Crippen molar-refractivity contribution in [2.75, 3.05) is 11.3 Å². The molecule has 0 saturated carbocycles. The summed E-state index contributed by atoms with van der Waals surface area (Å²) < 4.78 is 37.1. The lowest BCUT2D eigenvalue weighted by atomic mass is 10.1. The van der Waals surface area contributed by atoms with E-state index in [-0.39, 0.29) is 24.0 Å². The summed E-state index contributed by atoms with van der Waals surface area (Å²) in [7, 11) is -3.89. The summed E-state index contributed by atoms with van der Waals surface area (Å²) in [6, 6.07) is 8.20. The molecule has 2 aromatic heterocycles. The Morgan fingerprint density at radius 3 is 2.71 bits per heavy atom. The smallest absolute Gasteiger partial charge is 0.344 e. The molecule has 0 fully saturated rings. The second-order valence-corrected chi connectivity index (χ2v) is 9.88. The highest BCUT2D eigenvalue weighted by Crippen LogP contribution is 2.31. The van der Waals surface area contributed by atoms with Crippen LogP contribution in [0.25, 0.3) is 5.82 Å². The van der Waals surface area contributed by atoms with Gasteiger partial charge in [0.1, 0.15) is 24.0 Å². The van der Waals surface area contributed by atoms with Gasteiger partial charge in [-0.15, -0.1) is 4.40 Å². The molecule has 178 valence electrons. The fourth-order valence-electron chi connectivity index (χ4n) is 3.60. The number of hydrogen-bond acceptors (Lipinski definition) is 7. The van der Waals surface area contributed by atoms with Gasteiger partial charge in [-0.2, -0.15) is 8.42 Å². The fourth-order valence-corrected chi connectivity index (χ4v) is 4.44. The van der Waals surface area contributed by atoms with E-state index in [1.54, 1.807) is 42.7 Å². The number of nitrogens with one attached hydrogen (secondary N) is 2. The Morgan fingerprint density at radius 1 is 1.24 bits per heavy atom. The topological polar surface area (TPSA) is 154 Å². The highest BCUT2D eigenvalue weighted by molar-refractivity contribution is 7.91. The van der Waals surface area contributed by atoms with E-state index in [1.807, 2.05) is 32.3 Å². The van der Waals surface area contributed by atoms with Crippen molar-refractivity contribution in [3.05, 3.63) is 65.4 Å². The Morgan fingerprint density at radius 2 is 2.00 bits per heavy atom. The van der Waals surface area contributed by atoms with Gasteiger partial charge in [-0.1, -0.05) is 6.07 Å². The number of nitrogens with zero attached hydrogens (tertiary/aromatic N) is 4. The number of imidazole rings is 1. The van der Waals surface area contributed by atoms with E-state index in [0.717, 1.165) is 11.5 Å². The van der Waals surface area contributed by atoms with Gasteiger partial charge in [-0.3, -0.25) is 14.1 Å². The first kappa shape index (κ1) is 23.2. The maximum Gasteiger partial charge on any atom is 0.344 e. The normalized spacial score (nSPS) is 14.5. The van der Waals surface area contributed by atoms with Gasteiger partial charge in [0.25, 0.3) is 5.91 Å². The van der Waals surface area contributed by atoms with Crippen LogP contribution in [0.1, 0.15) is 41.3 Å². The van der Waals surface area contributed by atoms with E-state index in [1.165, 1.54) is 0 Å². The number of anilines is 1. The number of carbonyl (C=O) groups is 1. The minimum atomic E-state index is -3.89. The summed E-state index contributed by atoms with van der Waals surface area (Å²) in [5.41, 5.74) is 7.07. The summed E-state index contributed by atoms with van der Waals surface area (Å²) in [5.74, 6) is 1.26. The third kappa shape index (κ3) is 4.71. The van der Waals surface area contributed by atoms with Crippen molar-refractivity contribution in [1.29, 1.82) is 0 Å². The Labute approximate surface area is 197 Å². The zero-order chi connectivity index (χ0) is 24.7. The zero-order valence-corrected chi connectivity index (χ0v) is 20.0. The van der Waals surface area contributed by atoms with E-state index in [2.05, 4.69) is 24.4 Å². The summed E-state index contributed by atoms with van der Waals surface area (Å²) in [5, 5.41) is 2.96. The third-order valence-electron chi connectivity index (χ3n) is 5.13. The lowest BCUT2D eigenvalue weighted by molar-refractivity contribution is 0.0880. The first-order valence-electron chi connectivity index (χ1n) is 10.4. The molecule has 1 aliphatic heterocycles. The van der Waals surface area contributed by atoms with Gasteiger partial charge in [0, 0.05) is 23.7 Å². The minimum Gasteiger partial charge on any atom is -0.490 e. The zero-order valence-electron chi connectivity index (χ0n) is 19.2. The van der Waals surface area contributed by atoms with Gasteiger partial charge in [0.15, 0.2) is 5.84 Å². The first-order valence-corrected chi connectivity index (χ1v) is 11.8. The number of pyridine rings is 1. The maximum absolute atomic E-state index is 13.0. The molecular weight excluding hydrogens is 458 g/mol. The summed E-state index contributed by atoms with van der Waals surface area (Å²) in [6.45, 7) is 7.50. The molecule has 0 aliphatic carbocycles. The van der Waals surface area contributed by atoms with Crippen LogP contribution in [0, 0.1) is 13.8 Å². The maximum atomic E-state index is 13.0. The van der Waals surface area contributed by atoms with Crippen molar-refractivity contribution >= 4 is 27.6 Å². The molecule has 0 radical (unpaired) electrons. The standard InChI is InChI=1S/C22H25N7O4S/c1-13-11-25-14(2)29(13)18-10-15(8-9-24-18)21(30)26-22(3,4)12-33-17-7-5-6-16-19(17)20(23)28-34(31,32)27-16/h5-11,27H,12H2,1-4H3,(H2,23,28)(H,26,30). The highest BCUT2D eigenvalue weighted by Gasteiger charge is 2.27. The summed E-state index contributed by atoms with van der Waals surface area (Å²) in [6.07, 6.45) is 3.32. The largest absolute Gasteiger partial charge is 0.490 e. The van der Waals surface area contributed by atoms with Gasteiger partial charge in [-0.05, 0) is 52.0 Å². The van der Waals surface area contributed by atoms with E-state index in [4.69, 9.17) is 10.5 Å². The van der Waals surface area contributed by atoms with Crippen molar-refractivity contribution in [3.63, 3.8) is 0 Å². The Balaban J connectivity index is 1.49. The van der Waals surface area contributed by atoms with Crippen molar-refractivity contribution < 1.29 is 17.9 Å². The van der Waals surface area contributed by atoms with Crippen molar-refractivity contribution in [1.82, 2.24) is 19.9 Å². The van der Waals surface area contributed by atoms with Crippen molar-refractivity contribution in [3.8, 4) is 11.6 Å². The molecule has 11 nitrogen and oxygen atoms in total. The molecule has 1 aliphatic rings. The lowest BCUT2D eigenvalue weighted by Gasteiger charge is -2.27. The molecule has 3 heterocycles. The van der Waals surface area contributed by atoms with E-state index in [0.29, 0.717) is 22.7 Å². The number of fused-ring (bicyclic) bond motifs is 1. The molecule has 0 spiro atoms. The Hall–Kier alpha value is -3.93. The number of hydrogen-bond donors (Lipinski definition) is 3. The van der Waals surface area contributed by atoms with Crippen LogP contribution in [0.2, 0.25) is 0 Å². The quantitative estimate of drug-likeness (QED) is 0.483. The second-order valence-electron chi connectivity index (χ2n) is 8.54. The predicted molar refractivity (Wildman–Crippen MR) is 128 cm³/mol. The fraction of sp³-hybridized carbons (Fsp3) is 0.273. The van der Waals surface area contributed by atoms with E-state index in [9.17, 15) is 13.2 Å². The number of ether oxygens (including phenoxy) is 1. The summed E-state index contributed by atoms with van der Waals surface area (Å²) >= 11 is 0. The number of rotatable bonds is 6. The number of amidine groups is 1. The van der Waals surface area contributed by atoms with Gasteiger partial charge in [0.05, 0.1) is 16.8 Å². The molecule has 0 atom stereocenters. The molecule has 1 amide bonds. The first-order chi connectivity index (χ1) is 16.0. The van der Waals surface area contributed by atoms with Gasteiger partial charge in [-0.25, -0.2) is 9.97 Å². The molecule has 0 unspecified atom stereocenters. The monoisotopic (exact) mass is 483 g/mol. The van der Waals surface area contributed by atoms with Crippen molar-refractivity contribution in [2.24, 2.45) is 10.1 Å². The molecule has 12 heteroatoms. The van der Waals surface area contributed by atoms with Crippen LogP contribution in [-0.2, 0) is 10.2 Å². The minimum absolute atomic E-state index is 0.0902. The highest BCUT2D eigenvalue weighted by atomic mass is 32.2. The number of carbonyl (C=O) groups excluding carboxylic acids is 1. The number of benzene rings is 1. The molecule has 1 aromatic carbocycles. The molecule has 0 saturated heterocycles. The molecule has 4 N–H and O–H groups in total. The van der Waals surface area contributed by atoms with Crippen LogP contribution < -0.4 is 20.5 Å². The molecule has 34 heavy (non-hydrogen) atoms. The van der Waals surface area contributed by atoms with Crippen molar-refractivity contribution in [2.45, 2.75) is 33.2 Å². The Bertz CT molecular complexity index is 1390. The van der Waals surface area contributed by atoms with Gasteiger partial charge < -0.3 is 15.8 Å². The predicted octanol–water partition coefficient (Wildman–Crippen LogP) is 1.85. The van der Waals surface area contributed by atoms with Gasteiger partial charge in [0.2, 0.25) is 0 Å². The van der Waals surface area contributed by atoms with Gasteiger partial charge >= 0.3 is 10.2 Å². The van der Waals surface area contributed by atoms with Crippen LogP contribution in [-0.4, -0.2) is 46.8 Å². The number of amides is 1. The van der Waals surface area contributed by atoms with Crippen LogP contribution in [0.4, 0.5) is 5.69 Å². The summed E-state index contributed by atoms with van der Waals surface area (Å²) in [4.78, 5) is 21.6. The lowest BCUT2D eigenvalue weighted by Crippen LogP contribution is -2.48.